The monoisotopic (exact) mass is 264 g/mol. The summed E-state index contributed by atoms with van der Waals surface area (Å²) in [6, 6.07) is 7.84. The molecule has 19 heavy (non-hydrogen) atoms. The molecule has 0 atom stereocenters. The summed E-state index contributed by atoms with van der Waals surface area (Å²) in [6.07, 6.45) is -0.413. The van der Waals surface area contributed by atoms with E-state index in [1.54, 1.807) is 6.92 Å². The van der Waals surface area contributed by atoms with Gasteiger partial charge in [-0.15, -0.1) is 0 Å². The highest BCUT2D eigenvalue weighted by Gasteiger charge is 2.10. The van der Waals surface area contributed by atoms with Gasteiger partial charge >= 0.3 is 6.09 Å². The SMILES string of the molecule is CCOC(=O)Nc1ccc(CN2CCOCC2)cc1. The first-order valence-electron chi connectivity index (χ1n) is 6.60. The van der Waals surface area contributed by atoms with Gasteiger partial charge in [-0.2, -0.15) is 0 Å². The number of benzene rings is 1. The van der Waals surface area contributed by atoms with E-state index < -0.39 is 6.09 Å². The number of amides is 1. The van der Waals surface area contributed by atoms with Gasteiger partial charge in [0.05, 0.1) is 19.8 Å². The minimum atomic E-state index is -0.413. The number of carbonyl (C=O) groups is 1. The van der Waals surface area contributed by atoms with Crippen LogP contribution < -0.4 is 5.32 Å². The van der Waals surface area contributed by atoms with Crippen molar-refractivity contribution in [2.45, 2.75) is 13.5 Å². The first-order valence-corrected chi connectivity index (χ1v) is 6.60. The smallest absolute Gasteiger partial charge is 0.411 e. The van der Waals surface area contributed by atoms with Crippen LogP contribution in [0.3, 0.4) is 0 Å². The molecule has 0 bridgehead atoms. The Hall–Kier alpha value is -1.59. The number of nitrogens with zero attached hydrogens (tertiary/aromatic N) is 1. The summed E-state index contributed by atoms with van der Waals surface area (Å²) >= 11 is 0. The van der Waals surface area contributed by atoms with Crippen LogP contribution in [0.25, 0.3) is 0 Å². The fourth-order valence-electron chi connectivity index (χ4n) is 2.00. The minimum Gasteiger partial charge on any atom is -0.450 e. The first-order chi connectivity index (χ1) is 9.28. The molecular weight excluding hydrogens is 244 g/mol. The molecule has 0 aromatic heterocycles. The van der Waals surface area contributed by atoms with E-state index in [0.29, 0.717) is 6.61 Å². The quantitative estimate of drug-likeness (QED) is 0.904. The molecule has 1 N–H and O–H groups in total. The van der Waals surface area contributed by atoms with Crippen molar-refractivity contribution in [3.05, 3.63) is 29.8 Å². The van der Waals surface area contributed by atoms with Crippen LogP contribution in [0, 0.1) is 0 Å². The van der Waals surface area contributed by atoms with Crippen molar-refractivity contribution in [2.24, 2.45) is 0 Å². The highest BCUT2D eigenvalue weighted by atomic mass is 16.5. The molecule has 0 saturated carbocycles. The van der Waals surface area contributed by atoms with Gasteiger partial charge in [0.1, 0.15) is 0 Å². The lowest BCUT2D eigenvalue weighted by molar-refractivity contribution is 0.0342. The summed E-state index contributed by atoms with van der Waals surface area (Å²) in [5.41, 5.74) is 1.99. The molecule has 1 aliphatic heterocycles. The Bertz CT molecular complexity index is 400. The summed E-state index contributed by atoms with van der Waals surface area (Å²) in [6.45, 7) is 6.64. The number of rotatable bonds is 4. The Balaban J connectivity index is 1.85. The van der Waals surface area contributed by atoms with E-state index in [9.17, 15) is 4.79 Å². The number of ether oxygens (including phenoxy) is 2. The molecule has 1 saturated heterocycles. The minimum absolute atomic E-state index is 0.376. The Morgan fingerprint density at radius 3 is 2.63 bits per heavy atom. The van der Waals surface area contributed by atoms with Crippen LogP contribution in [-0.4, -0.2) is 43.9 Å². The highest BCUT2D eigenvalue weighted by molar-refractivity contribution is 5.84. The molecular formula is C14H20N2O3. The number of carbonyl (C=O) groups excluding carboxylic acids is 1. The first kappa shape index (κ1) is 13.8. The zero-order chi connectivity index (χ0) is 13.5. The van der Waals surface area contributed by atoms with Gasteiger partial charge in [0.25, 0.3) is 0 Å². The van der Waals surface area contributed by atoms with Crippen molar-refractivity contribution < 1.29 is 14.3 Å². The summed E-state index contributed by atoms with van der Waals surface area (Å²) in [5, 5.41) is 2.68. The second-order valence-electron chi connectivity index (χ2n) is 4.43. The third kappa shape index (κ3) is 4.54. The molecule has 1 aromatic rings. The second-order valence-corrected chi connectivity index (χ2v) is 4.43. The van der Waals surface area contributed by atoms with E-state index in [0.717, 1.165) is 38.5 Å². The van der Waals surface area contributed by atoms with Gasteiger partial charge in [-0.05, 0) is 24.6 Å². The number of anilines is 1. The lowest BCUT2D eigenvalue weighted by Gasteiger charge is -2.26. The van der Waals surface area contributed by atoms with E-state index in [-0.39, 0.29) is 0 Å². The van der Waals surface area contributed by atoms with Gasteiger partial charge in [0.15, 0.2) is 0 Å². The Labute approximate surface area is 113 Å². The van der Waals surface area contributed by atoms with Crippen molar-refractivity contribution in [3.8, 4) is 0 Å². The maximum atomic E-state index is 11.3. The predicted molar refractivity (Wildman–Crippen MR) is 73.2 cm³/mol. The third-order valence-corrected chi connectivity index (χ3v) is 2.99. The normalized spacial score (nSPS) is 16.1. The van der Waals surface area contributed by atoms with Crippen molar-refractivity contribution in [1.82, 2.24) is 4.90 Å². The average Bonchev–Trinajstić information content (AvgIpc) is 2.42. The van der Waals surface area contributed by atoms with Crippen LogP contribution in [-0.2, 0) is 16.0 Å². The van der Waals surface area contributed by atoms with Crippen LogP contribution in [0.4, 0.5) is 10.5 Å². The molecule has 104 valence electrons. The van der Waals surface area contributed by atoms with Gasteiger partial charge in [-0.25, -0.2) is 4.79 Å². The highest BCUT2D eigenvalue weighted by Crippen LogP contribution is 2.12. The average molecular weight is 264 g/mol. The van der Waals surface area contributed by atoms with Crippen LogP contribution in [0.5, 0.6) is 0 Å². The van der Waals surface area contributed by atoms with Crippen molar-refractivity contribution >= 4 is 11.8 Å². The van der Waals surface area contributed by atoms with Crippen molar-refractivity contribution in [3.63, 3.8) is 0 Å². The second kappa shape index (κ2) is 7.11. The molecule has 1 aromatic carbocycles. The summed E-state index contributed by atoms with van der Waals surface area (Å²) in [4.78, 5) is 13.6. The van der Waals surface area contributed by atoms with Gasteiger partial charge in [-0.3, -0.25) is 10.2 Å². The Kier molecular flexibility index (Phi) is 5.18. The maximum Gasteiger partial charge on any atom is 0.411 e. The van der Waals surface area contributed by atoms with E-state index in [1.807, 2.05) is 24.3 Å². The van der Waals surface area contributed by atoms with Crippen LogP contribution in [0.2, 0.25) is 0 Å². The van der Waals surface area contributed by atoms with Crippen LogP contribution in [0.15, 0.2) is 24.3 Å². The van der Waals surface area contributed by atoms with Crippen LogP contribution >= 0.6 is 0 Å². The van der Waals surface area contributed by atoms with E-state index in [1.165, 1.54) is 5.56 Å². The zero-order valence-electron chi connectivity index (χ0n) is 11.2. The molecule has 1 aliphatic rings. The van der Waals surface area contributed by atoms with Gasteiger partial charge in [0, 0.05) is 25.3 Å². The molecule has 5 nitrogen and oxygen atoms in total. The standard InChI is InChI=1S/C14H20N2O3/c1-2-19-14(17)15-13-5-3-12(4-6-13)11-16-7-9-18-10-8-16/h3-6H,2,7-11H2,1H3,(H,15,17). The molecule has 1 fully saturated rings. The number of hydrogen-bond acceptors (Lipinski definition) is 4. The zero-order valence-corrected chi connectivity index (χ0v) is 11.2. The van der Waals surface area contributed by atoms with Gasteiger partial charge in [-0.1, -0.05) is 12.1 Å². The fraction of sp³-hybridized carbons (Fsp3) is 0.500. The van der Waals surface area contributed by atoms with Crippen LogP contribution in [0.1, 0.15) is 12.5 Å². The Morgan fingerprint density at radius 1 is 1.32 bits per heavy atom. The largest absolute Gasteiger partial charge is 0.450 e. The summed E-state index contributed by atoms with van der Waals surface area (Å²) in [5.74, 6) is 0. The molecule has 0 radical (unpaired) electrons. The lowest BCUT2D eigenvalue weighted by atomic mass is 10.2. The molecule has 0 unspecified atom stereocenters. The topological polar surface area (TPSA) is 50.8 Å². The maximum absolute atomic E-state index is 11.3. The lowest BCUT2D eigenvalue weighted by Crippen LogP contribution is -2.35. The van der Waals surface area contributed by atoms with Crippen molar-refractivity contribution in [1.29, 1.82) is 0 Å². The van der Waals surface area contributed by atoms with E-state index in [4.69, 9.17) is 9.47 Å². The van der Waals surface area contributed by atoms with Crippen molar-refractivity contribution in [2.75, 3.05) is 38.2 Å². The molecule has 5 heteroatoms. The molecule has 1 heterocycles. The summed E-state index contributed by atoms with van der Waals surface area (Å²) in [7, 11) is 0. The number of hydrogen-bond donors (Lipinski definition) is 1. The molecule has 0 aliphatic carbocycles. The number of nitrogens with one attached hydrogen (secondary N) is 1. The molecule has 0 spiro atoms. The Morgan fingerprint density at radius 2 is 2.00 bits per heavy atom. The van der Waals surface area contributed by atoms with E-state index >= 15 is 0 Å². The van der Waals surface area contributed by atoms with Gasteiger partial charge < -0.3 is 9.47 Å². The fourth-order valence-corrected chi connectivity index (χ4v) is 2.00. The van der Waals surface area contributed by atoms with Gasteiger partial charge in [0.2, 0.25) is 0 Å². The van der Waals surface area contributed by atoms with E-state index in [2.05, 4.69) is 10.2 Å². The molecule has 1 amide bonds. The molecule has 2 rings (SSSR count). The number of morpholine rings is 1. The summed E-state index contributed by atoms with van der Waals surface area (Å²) < 4.78 is 10.1. The third-order valence-electron chi connectivity index (χ3n) is 2.99. The predicted octanol–water partition coefficient (Wildman–Crippen LogP) is 2.09.